The number of aromatic nitrogens is 1. The number of hydrogen-bond donors (Lipinski definition) is 2. The summed E-state index contributed by atoms with van der Waals surface area (Å²) in [7, 11) is 5.76. The Morgan fingerprint density at radius 3 is 2.54 bits per heavy atom. The van der Waals surface area contributed by atoms with Crippen molar-refractivity contribution in [1.29, 1.82) is 0 Å². The first-order valence-corrected chi connectivity index (χ1v) is 10.4. The highest BCUT2D eigenvalue weighted by molar-refractivity contribution is 7.13. The van der Waals surface area contributed by atoms with E-state index in [1.807, 2.05) is 45.0 Å². The van der Waals surface area contributed by atoms with E-state index in [1.165, 1.54) is 5.56 Å². The maximum atomic E-state index is 5.69. The molecule has 0 saturated carbocycles. The second kappa shape index (κ2) is 11.4. The number of benzene rings is 1. The number of thiazole rings is 1. The zero-order chi connectivity index (χ0) is 20.4. The fraction of sp³-hybridized carbons (Fsp3) is 0.500. The molecule has 0 unspecified atom stereocenters. The molecular weight excluding hydrogens is 374 g/mol. The molecule has 0 amide bonds. The summed E-state index contributed by atoms with van der Waals surface area (Å²) in [5.41, 5.74) is 2.19. The number of nitrogens with zero attached hydrogens (tertiary/aromatic N) is 3. The minimum atomic E-state index is 0.616. The first-order valence-electron chi connectivity index (χ1n) is 9.52. The van der Waals surface area contributed by atoms with E-state index in [-0.39, 0.29) is 0 Å². The third kappa shape index (κ3) is 6.60. The second-order valence-electron chi connectivity index (χ2n) is 6.27. The van der Waals surface area contributed by atoms with Crippen molar-refractivity contribution in [1.82, 2.24) is 15.6 Å². The quantitative estimate of drug-likeness (QED) is 0.468. The van der Waals surface area contributed by atoms with Crippen LogP contribution < -0.4 is 25.0 Å². The minimum absolute atomic E-state index is 0.616. The zero-order valence-electron chi connectivity index (χ0n) is 17.4. The molecule has 0 saturated heterocycles. The van der Waals surface area contributed by atoms with Gasteiger partial charge < -0.3 is 25.0 Å². The molecule has 2 N–H and O–H groups in total. The molecule has 8 heteroatoms. The summed E-state index contributed by atoms with van der Waals surface area (Å²) in [6, 6.07) is 6.09. The summed E-state index contributed by atoms with van der Waals surface area (Å²) in [5, 5.41) is 9.70. The first-order chi connectivity index (χ1) is 13.6. The lowest BCUT2D eigenvalue weighted by Gasteiger charge is -2.14. The lowest BCUT2D eigenvalue weighted by molar-refractivity contribution is 0.287. The van der Waals surface area contributed by atoms with Gasteiger partial charge in [0.15, 0.2) is 22.6 Å². The van der Waals surface area contributed by atoms with Crippen LogP contribution in [-0.4, -0.2) is 51.8 Å². The smallest absolute Gasteiger partial charge is 0.191 e. The van der Waals surface area contributed by atoms with Crippen molar-refractivity contribution in [3.8, 4) is 11.5 Å². The number of hydrogen-bond acceptors (Lipinski definition) is 6. The molecule has 1 heterocycles. The molecular formula is C20H31N5O2S. The first kappa shape index (κ1) is 21.8. The molecule has 0 aliphatic carbocycles. The summed E-state index contributed by atoms with van der Waals surface area (Å²) in [6.07, 6.45) is 0.856. The largest absolute Gasteiger partial charge is 0.490 e. The van der Waals surface area contributed by atoms with E-state index < -0.39 is 0 Å². The van der Waals surface area contributed by atoms with E-state index in [1.54, 1.807) is 18.4 Å². The SMILES string of the molecule is CCOc1ccc(CCNC(=NC)NCc2csc(N(C)C)n2)cc1OCC. The van der Waals surface area contributed by atoms with E-state index >= 15 is 0 Å². The number of guanidine groups is 1. The normalized spacial score (nSPS) is 11.2. The Kier molecular flexibility index (Phi) is 8.87. The number of ether oxygens (including phenoxy) is 2. The number of aliphatic imine (C=N–C) groups is 1. The van der Waals surface area contributed by atoms with Gasteiger partial charge in [0.25, 0.3) is 0 Å². The van der Waals surface area contributed by atoms with Gasteiger partial charge >= 0.3 is 0 Å². The fourth-order valence-corrected chi connectivity index (χ4v) is 3.31. The predicted octanol–water partition coefficient (Wildman–Crippen LogP) is 2.91. The van der Waals surface area contributed by atoms with Crippen molar-refractivity contribution in [3.05, 3.63) is 34.8 Å². The molecule has 7 nitrogen and oxygen atoms in total. The standard InChI is InChI=1S/C20H31N5O2S/c1-6-26-17-9-8-15(12-18(17)27-7-2)10-11-22-19(21-3)23-13-16-14-28-20(24-16)25(4)5/h8-9,12,14H,6-7,10-11,13H2,1-5H3,(H2,21,22,23). The summed E-state index contributed by atoms with van der Waals surface area (Å²) in [6.45, 7) is 6.59. The highest BCUT2D eigenvalue weighted by Gasteiger charge is 2.07. The Morgan fingerprint density at radius 2 is 1.89 bits per heavy atom. The van der Waals surface area contributed by atoms with Gasteiger partial charge in [-0.05, 0) is 38.0 Å². The Hall–Kier alpha value is -2.48. The fourth-order valence-electron chi connectivity index (χ4n) is 2.55. The van der Waals surface area contributed by atoms with Crippen molar-refractivity contribution in [3.63, 3.8) is 0 Å². The Morgan fingerprint density at radius 1 is 1.14 bits per heavy atom. The van der Waals surface area contributed by atoms with Gasteiger partial charge in [-0.2, -0.15) is 0 Å². The van der Waals surface area contributed by atoms with E-state index in [2.05, 4.69) is 32.1 Å². The molecule has 154 valence electrons. The summed E-state index contributed by atoms with van der Waals surface area (Å²) in [4.78, 5) is 10.9. The third-order valence-corrected chi connectivity index (χ3v) is 4.95. The summed E-state index contributed by atoms with van der Waals surface area (Å²) < 4.78 is 11.3. The van der Waals surface area contributed by atoms with E-state index in [0.717, 1.165) is 41.2 Å². The molecule has 0 aliphatic rings. The molecule has 2 aromatic rings. The Bertz CT molecular complexity index is 761. The van der Waals surface area contributed by atoms with Gasteiger partial charge in [0.1, 0.15) is 0 Å². The van der Waals surface area contributed by atoms with Crippen LogP contribution in [0.25, 0.3) is 0 Å². The highest BCUT2D eigenvalue weighted by atomic mass is 32.1. The van der Waals surface area contributed by atoms with Crippen molar-refractivity contribution < 1.29 is 9.47 Å². The maximum Gasteiger partial charge on any atom is 0.191 e. The topological polar surface area (TPSA) is 71.0 Å². The lowest BCUT2D eigenvalue weighted by Crippen LogP contribution is -2.37. The summed E-state index contributed by atoms with van der Waals surface area (Å²) in [5.74, 6) is 2.35. The average molecular weight is 406 g/mol. The number of rotatable bonds is 10. The summed E-state index contributed by atoms with van der Waals surface area (Å²) >= 11 is 1.63. The monoisotopic (exact) mass is 405 g/mol. The maximum absolute atomic E-state index is 5.69. The third-order valence-electron chi connectivity index (χ3n) is 3.90. The second-order valence-corrected chi connectivity index (χ2v) is 7.10. The predicted molar refractivity (Wildman–Crippen MR) is 117 cm³/mol. The van der Waals surface area contributed by atoms with Crippen LogP contribution in [0.3, 0.4) is 0 Å². The van der Waals surface area contributed by atoms with Gasteiger partial charge in [0, 0.05) is 33.1 Å². The van der Waals surface area contributed by atoms with Gasteiger partial charge in [0.05, 0.1) is 25.5 Å². The zero-order valence-corrected chi connectivity index (χ0v) is 18.2. The molecule has 0 spiro atoms. The van der Waals surface area contributed by atoms with E-state index in [4.69, 9.17) is 9.47 Å². The van der Waals surface area contributed by atoms with Crippen LogP contribution >= 0.6 is 11.3 Å². The van der Waals surface area contributed by atoms with Crippen LogP contribution in [-0.2, 0) is 13.0 Å². The molecule has 0 aliphatic heterocycles. The molecule has 0 bridgehead atoms. The van der Waals surface area contributed by atoms with Gasteiger partial charge in [-0.25, -0.2) is 4.98 Å². The lowest BCUT2D eigenvalue weighted by atomic mass is 10.1. The van der Waals surface area contributed by atoms with Crippen LogP contribution in [0.1, 0.15) is 25.1 Å². The molecule has 1 aromatic carbocycles. The van der Waals surface area contributed by atoms with Crippen molar-refractivity contribution in [2.24, 2.45) is 4.99 Å². The molecule has 0 fully saturated rings. The Balaban J connectivity index is 1.84. The van der Waals surface area contributed by atoms with Gasteiger partial charge in [0.2, 0.25) is 0 Å². The van der Waals surface area contributed by atoms with Gasteiger partial charge in [-0.1, -0.05) is 6.07 Å². The van der Waals surface area contributed by atoms with Crippen molar-refractivity contribution in [2.45, 2.75) is 26.8 Å². The molecule has 0 atom stereocenters. The van der Waals surface area contributed by atoms with Crippen LogP contribution in [0.15, 0.2) is 28.6 Å². The van der Waals surface area contributed by atoms with Crippen molar-refractivity contribution >= 4 is 22.4 Å². The van der Waals surface area contributed by atoms with Crippen LogP contribution in [0, 0.1) is 0 Å². The molecule has 1 aromatic heterocycles. The van der Waals surface area contributed by atoms with E-state index in [0.29, 0.717) is 19.8 Å². The molecule has 0 radical (unpaired) electrons. The average Bonchev–Trinajstić information content (AvgIpc) is 3.16. The van der Waals surface area contributed by atoms with Crippen LogP contribution in [0.4, 0.5) is 5.13 Å². The molecule has 28 heavy (non-hydrogen) atoms. The Labute approximate surface area is 171 Å². The number of anilines is 1. The van der Waals surface area contributed by atoms with Gasteiger partial charge in [-0.3, -0.25) is 4.99 Å². The van der Waals surface area contributed by atoms with Crippen LogP contribution in [0.2, 0.25) is 0 Å². The number of nitrogens with one attached hydrogen (secondary N) is 2. The molecule has 2 rings (SSSR count). The van der Waals surface area contributed by atoms with E-state index in [9.17, 15) is 0 Å². The minimum Gasteiger partial charge on any atom is -0.490 e. The highest BCUT2D eigenvalue weighted by Crippen LogP contribution is 2.28. The van der Waals surface area contributed by atoms with Crippen LogP contribution in [0.5, 0.6) is 11.5 Å². The van der Waals surface area contributed by atoms with Crippen molar-refractivity contribution in [2.75, 3.05) is 45.8 Å². The van der Waals surface area contributed by atoms with Gasteiger partial charge in [-0.15, -0.1) is 11.3 Å².